The minimum Gasteiger partial charge on any atom is -0.480 e. The van der Waals surface area contributed by atoms with Crippen molar-refractivity contribution in [3.63, 3.8) is 0 Å². The number of anilines is 1. The van der Waals surface area contributed by atoms with Crippen molar-refractivity contribution in [2.75, 3.05) is 51.4 Å². The number of benzene rings is 3. The van der Waals surface area contributed by atoms with Gasteiger partial charge >= 0.3 is 0 Å². The van der Waals surface area contributed by atoms with Crippen molar-refractivity contribution in [1.82, 2.24) is 25.4 Å². The highest BCUT2D eigenvalue weighted by Gasteiger charge is 2.48. The molecule has 0 spiro atoms. The third-order valence-corrected chi connectivity index (χ3v) is 13.0. The van der Waals surface area contributed by atoms with E-state index in [1.54, 1.807) is 34.4 Å². The molecule has 0 bridgehead atoms. The van der Waals surface area contributed by atoms with Crippen molar-refractivity contribution in [2.45, 2.75) is 91.8 Å². The Balaban J connectivity index is 0.887. The van der Waals surface area contributed by atoms with Crippen LogP contribution in [0.2, 0.25) is 5.02 Å². The molecule has 15 nitrogen and oxygen atoms in total. The summed E-state index contributed by atoms with van der Waals surface area (Å²) in [5.41, 5.74) is 5.75. The average Bonchev–Trinajstić information content (AvgIpc) is 3.95. The molecule has 4 amide bonds. The summed E-state index contributed by atoms with van der Waals surface area (Å²) < 4.78 is 17.4. The van der Waals surface area contributed by atoms with Gasteiger partial charge in [-0.25, -0.2) is 4.98 Å². The van der Waals surface area contributed by atoms with E-state index in [0.29, 0.717) is 37.6 Å². The Morgan fingerprint density at radius 1 is 1.03 bits per heavy atom. The maximum absolute atomic E-state index is 14.0. The number of carbonyl (C=O) groups is 4. The van der Waals surface area contributed by atoms with Crippen molar-refractivity contribution >= 4 is 52.3 Å². The fraction of sp³-hybridized carbons (Fsp3) is 0.469. The van der Waals surface area contributed by atoms with Gasteiger partial charge in [-0.3, -0.25) is 19.2 Å². The van der Waals surface area contributed by atoms with Crippen LogP contribution in [-0.2, 0) is 35.2 Å². The summed E-state index contributed by atoms with van der Waals surface area (Å²) in [5.74, 6) is -0.992. The van der Waals surface area contributed by atoms with Crippen LogP contribution < -0.4 is 20.7 Å². The van der Waals surface area contributed by atoms with E-state index in [4.69, 9.17) is 31.1 Å². The van der Waals surface area contributed by atoms with E-state index in [9.17, 15) is 24.3 Å². The highest BCUT2D eigenvalue weighted by atomic mass is 35.5. The highest BCUT2D eigenvalue weighted by Crippen LogP contribution is 2.36. The number of aryl methyl sites for hydroxylation is 1. The summed E-state index contributed by atoms with van der Waals surface area (Å²) >= 11 is 7.75. The molecule has 3 aromatic carbocycles. The monoisotopic (exact) mass is 941 g/mol. The largest absolute Gasteiger partial charge is 0.480 e. The molecule has 4 aromatic rings. The smallest absolute Gasteiger partial charge is 0.264 e. The van der Waals surface area contributed by atoms with Gasteiger partial charge in [0.15, 0.2) is 6.10 Å². The number of nitriles is 1. The second-order valence-electron chi connectivity index (χ2n) is 18.6. The first kappa shape index (κ1) is 49.9. The SMILES string of the molecule is Cc1ncsc1-c1ccc(C(C)NC(=O)C2CC(O)CN2C(=O)C(NC(=O)COCCOCCNc2ccc(CN3CC(C)(C)C(Oc4ccc(C#N)c(Cl)c4)C3=O)cc2)C(C)(C)C)cc1. The van der Waals surface area contributed by atoms with Gasteiger partial charge in [-0.2, -0.15) is 5.26 Å². The average molecular weight is 943 g/mol. The summed E-state index contributed by atoms with van der Waals surface area (Å²) in [4.78, 5) is 62.7. The van der Waals surface area contributed by atoms with E-state index in [1.165, 1.54) is 4.90 Å². The fourth-order valence-electron chi connectivity index (χ4n) is 8.11. The van der Waals surface area contributed by atoms with Crippen molar-refractivity contribution < 1.29 is 38.5 Å². The first-order valence-corrected chi connectivity index (χ1v) is 23.3. The lowest BCUT2D eigenvalue weighted by Crippen LogP contribution is -2.58. The molecule has 1 aromatic heterocycles. The predicted octanol–water partition coefficient (Wildman–Crippen LogP) is 6.27. The predicted molar refractivity (Wildman–Crippen MR) is 253 cm³/mol. The molecule has 3 heterocycles. The number of rotatable bonds is 19. The number of thiazole rings is 1. The van der Waals surface area contributed by atoms with E-state index >= 15 is 0 Å². The number of hydrogen-bond acceptors (Lipinski definition) is 12. The third kappa shape index (κ3) is 12.6. The number of ether oxygens (including phenoxy) is 3. The molecular formula is C49H60ClN7O8S. The quantitative estimate of drug-likeness (QED) is 0.0774. The Morgan fingerprint density at radius 2 is 1.74 bits per heavy atom. The molecule has 6 rings (SSSR count). The van der Waals surface area contributed by atoms with Gasteiger partial charge in [-0.05, 0) is 60.2 Å². The van der Waals surface area contributed by atoms with Crippen LogP contribution in [0.1, 0.15) is 76.4 Å². The number of carbonyl (C=O) groups excluding carboxylic acids is 4. The summed E-state index contributed by atoms with van der Waals surface area (Å²) in [6, 6.07) is 20.3. The lowest BCUT2D eigenvalue weighted by atomic mass is 9.85. The van der Waals surface area contributed by atoms with E-state index in [1.807, 2.05) is 109 Å². The number of nitrogens with one attached hydrogen (secondary N) is 3. The number of nitrogens with zero attached hydrogens (tertiary/aromatic N) is 4. The molecule has 352 valence electrons. The standard InChI is InChI=1S/C49H60ClN7O8S/c1-30(33-10-12-34(13-11-33)42-31(2)53-29-66-42)54-45(60)40-22-37(58)26-57(40)46(61)43(48(3,4)5)55-41(59)27-64-21-20-63-19-18-52-36-15-8-32(9-16-36)25-56-28-49(6,7)44(47(56)62)65-38-17-14-35(24-51)39(50)23-38/h8-17,23,29-30,37,40,43-44,52,58H,18-22,25-28H2,1-7H3,(H,54,60)(H,55,59). The maximum atomic E-state index is 14.0. The minimum atomic E-state index is -0.978. The van der Waals surface area contributed by atoms with E-state index in [0.717, 1.165) is 32.9 Å². The Kier molecular flexibility index (Phi) is 16.5. The van der Waals surface area contributed by atoms with E-state index in [2.05, 4.69) is 20.9 Å². The molecule has 0 saturated carbocycles. The Morgan fingerprint density at radius 3 is 2.39 bits per heavy atom. The van der Waals surface area contributed by atoms with Gasteiger partial charge in [0, 0.05) is 49.8 Å². The lowest BCUT2D eigenvalue weighted by Gasteiger charge is -2.35. The van der Waals surface area contributed by atoms with Crippen molar-refractivity contribution in [3.8, 4) is 22.3 Å². The number of halogens is 1. The number of hydrogen-bond donors (Lipinski definition) is 4. The number of aliphatic hydroxyl groups is 1. The molecule has 5 unspecified atom stereocenters. The van der Waals surface area contributed by atoms with Crippen molar-refractivity contribution in [1.29, 1.82) is 5.26 Å². The molecule has 2 aliphatic heterocycles. The molecule has 2 aliphatic rings. The summed E-state index contributed by atoms with van der Waals surface area (Å²) in [5, 5.41) is 29.2. The van der Waals surface area contributed by atoms with E-state index in [-0.39, 0.29) is 55.7 Å². The summed E-state index contributed by atoms with van der Waals surface area (Å²) in [6.45, 7) is 15.2. The molecule has 0 aliphatic carbocycles. The van der Waals surface area contributed by atoms with Crippen molar-refractivity contribution in [3.05, 3.63) is 99.6 Å². The van der Waals surface area contributed by atoms with Gasteiger partial charge < -0.3 is 45.1 Å². The second kappa shape index (κ2) is 21.8. The van der Waals surface area contributed by atoms with Gasteiger partial charge in [-0.1, -0.05) is 82.6 Å². The molecular weight excluding hydrogens is 882 g/mol. The molecule has 0 radical (unpaired) electrons. The maximum Gasteiger partial charge on any atom is 0.264 e. The number of likely N-dealkylation sites (tertiary alicyclic amines) is 2. The summed E-state index contributed by atoms with van der Waals surface area (Å²) in [6.07, 6.45) is -1.49. The van der Waals surface area contributed by atoms with Crippen LogP contribution in [-0.4, -0.2) is 114 Å². The zero-order valence-corrected chi connectivity index (χ0v) is 40.1. The van der Waals surface area contributed by atoms with Gasteiger partial charge in [-0.15, -0.1) is 11.3 Å². The Hall–Kier alpha value is -5.57. The third-order valence-electron chi connectivity index (χ3n) is 11.7. The van der Waals surface area contributed by atoms with Gasteiger partial charge in [0.05, 0.1) is 58.6 Å². The van der Waals surface area contributed by atoms with Crippen LogP contribution in [0.15, 0.2) is 72.2 Å². The molecule has 5 atom stereocenters. The molecule has 2 saturated heterocycles. The molecule has 66 heavy (non-hydrogen) atoms. The van der Waals surface area contributed by atoms with Crippen LogP contribution in [0.4, 0.5) is 5.69 Å². The number of β-amino-alcohol motifs (C(OH)–C–C–N with tert-alkyl or cyclic N) is 1. The minimum absolute atomic E-state index is 0.0265. The van der Waals surface area contributed by atoms with Crippen LogP contribution in [0.5, 0.6) is 5.75 Å². The topological polar surface area (TPSA) is 195 Å². The molecule has 4 N–H and O–H groups in total. The normalized spacial score (nSPS) is 19.0. The zero-order valence-electron chi connectivity index (χ0n) is 38.6. The highest BCUT2D eigenvalue weighted by molar-refractivity contribution is 7.13. The van der Waals surface area contributed by atoms with Crippen LogP contribution >= 0.6 is 22.9 Å². The van der Waals surface area contributed by atoms with Crippen LogP contribution in [0.3, 0.4) is 0 Å². The zero-order chi connectivity index (χ0) is 47.8. The summed E-state index contributed by atoms with van der Waals surface area (Å²) in [7, 11) is 0. The van der Waals surface area contributed by atoms with Gasteiger partial charge in [0.1, 0.15) is 30.5 Å². The van der Waals surface area contributed by atoms with Crippen molar-refractivity contribution in [2.24, 2.45) is 10.8 Å². The van der Waals surface area contributed by atoms with Gasteiger partial charge in [0.25, 0.3) is 5.91 Å². The Labute approximate surface area is 395 Å². The van der Waals surface area contributed by atoms with E-state index < -0.39 is 46.9 Å². The lowest BCUT2D eigenvalue weighted by molar-refractivity contribution is -0.144. The first-order valence-electron chi connectivity index (χ1n) is 22.1. The molecule has 17 heteroatoms. The second-order valence-corrected chi connectivity index (χ2v) is 19.9. The van der Waals surface area contributed by atoms with Crippen LogP contribution in [0.25, 0.3) is 10.4 Å². The number of aromatic nitrogens is 1. The fourth-order valence-corrected chi connectivity index (χ4v) is 9.14. The number of amides is 4. The Bertz CT molecular complexity index is 2380. The first-order chi connectivity index (χ1) is 31.3. The number of aliphatic hydroxyl groups excluding tert-OH is 1. The van der Waals surface area contributed by atoms with Gasteiger partial charge in [0.2, 0.25) is 17.7 Å². The van der Waals surface area contributed by atoms with Crippen LogP contribution in [0, 0.1) is 29.1 Å². The molecule has 2 fully saturated rings.